The molecule has 2 fully saturated rings. The maximum atomic E-state index is 13.3. The molecule has 1 aliphatic carbocycles. The number of rotatable bonds is 10. The van der Waals surface area contributed by atoms with Crippen LogP contribution in [0.3, 0.4) is 0 Å². The van der Waals surface area contributed by atoms with E-state index < -0.39 is 0 Å². The van der Waals surface area contributed by atoms with Gasteiger partial charge in [0.25, 0.3) is 0 Å². The van der Waals surface area contributed by atoms with Crippen LogP contribution >= 0.6 is 0 Å². The van der Waals surface area contributed by atoms with Gasteiger partial charge in [-0.05, 0) is 75.4 Å². The van der Waals surface area contributed by atoms with Gasteiger partial charge in [0.15, 0.2) is 0 Å². The van der Waals surface area contributed by atoms with Crippen molar-refractivity contribution in [2.45, 2.75) is 75.9 Å². The first-order chi connectivity index (χ1) is 18.3. The maximum absolute atomic E-state index is 13.3. The average molecular weight is 521 g/mol. The Hall–Kier alpha value is -2.70. The number of esters is 1. The molecule has 0 radical (unpaired) electrons. The molecule has 2 aromatic rings. The van der Waals surface area contributed by atoms with Gasteiger partial charge in [-0.25, -0.2) is 0 Å². The minimum atomic E-state index is -0.315. The Bertz CT molecular complexity index is 1070. The number of methoxy groups -OCH3 is 1. The molecule has 4 rings (SSSR count). The summed E-state index contributed by atoms with van der Waals surface area (Å²) < 4.78 is 11.6. The smallest absolute Gasteiger partial charge is 0.308 e. The fourth-order valence-corrected chi connectivity index (χ4v) is 6.71. The fourth-order valence-electron chi connectivity index (χ4n) is 6.71. The van der Waals surface area contributed by atoms with E-state index in [1.807, 2.05) is 36.2 Å². The number of carbonyl (C=O) groups excluding carboxylic acids is 2. The largest absolute Gasteiger partial charge is 0.427 e. The van der Waals surface area contributed by atoms with Gasteiger partial charge in [-0.2, -0.15) is 0 Å². The Kier molecular flexibility index (Phi) is 9.61. The Morgan fingerprint density at radius 2 is 1.87 bits per heavy atom. The third-order valence-electron chi connectivity index (χ3n) is 8.82. The van der Waals surface area contributed by atoms with Crippen molar-refractivity contribution in [1.82, 2.24) is 9.80 Å². The zero-order valence-electron chi connectivity index (χ0n) is 23.5. The highest BCUT2D eigenvalue weighted by Crippen LogP contribution is 2.51. The van der Waals surface area contributed by atoms with Crippen LogP contribution < -0.4 is 4.74 Å². The van der Waals surface area contributed by atoms with Gasteiger partial charge in [-0.15, -0.1) is 0 Å². The topological polar surface area (TPSA) is 59.1 Å². The number of amides is 1. The molecule has 6 nitrogen and oxygen atoms in total. The lowest BCUT2D eigenvalue weighted by atomic mass is 9.56. The summed E-state index contributed by atoms with van der Waals surface area (Å²) in [6.07, 6.45) is 7.49. The van der Waals surface area contributed by atoms with Gasteiger partial charge < -0.3 is 19.3 Å². The van der Waals surface area contributed by atoms with Crippen LogP contribution in [0.2, 0.25) is 0 Å². The molecular formula is C32H44N2O4. The highest BCUT2D eigenvalue weighted by Gasteiger charge is 2.53. The van der Waals surface area contributed by atoms with Gasteiger partial charge in [-0.3, -0.25) is 9.59 Å². The second-order valence-electron chi connectivity index (χ2n) is 11.3. The number of piperidine rings is 1. The molecule has 2 aromatic carbocycles. The standard InChI is InChI=1S/C32H44N2O4/c1-24(35)38-28-16-11-15-26(20-28)32-18-19-33(2)23-29(32)30(37-4)21-27(22-32)34(3)31(36)17-10-6-9-14-25-12-7-5-8-13-25/h5,7-8,11-13,15-16,20,27,29-30H,6,9-10,14,17-19,21-23H2,1-4H3/t27-,29+,30?,32+/m1/s1. The summed E-state index contributed by atoms with van der Waals surface area (Å²) in [7, 11) is 5.95. The molecule has 206 valence electrons. The molecule has 1 saturated carbocycles. The van der Waals surface area contributed by atoms with Crippen molar-refractivity contribution in [2.24, 2.45) is 5.92 Å². The van der Waals surface area contributed by atoms with E-state index in [4.69, 9.17) is 9.47 Å². The number of hydrogen-bond acceptors (Lipinski definition) is 5. The summed E-state index contributed by atoms with van der Waals surface area (Å²) >= 11 is 0. The number of fused-ring (bicyclic) bond motifs is 1. The van der Waals surface area contributed by atoms with Crippen molar-refractivity contribution in [3.63, 3.8) is 0 Å². The lowest BCUT2D eigenvalue weighted by Crippen LogP contribution is -2.61. The maximum Gasteiger partial charge on any atom is 0.308 e. The number of nitrogens with zero attached hydrogens (tertiary/aromatic N) is 2. The van der Waals surface area contributed by atoms with Crippen LogP contribution in [0.25, 0.3) is 0 Å². The normalized spacial score (nSPS) is 25.4. The Morgan fingerprint density at radius 1 is 1.08 bits per heavy atom. The summed E-state index contributed by atoms with van der Waals surface area (Å²) in [6.45, 7) is 3.36. The molecule has 1 heterocycles. The molecule has 1 saturated heterocycles. The van der Waals surface area contributed by atoms with Gasteiger partial charge >= 0.3 is 5.97 Å². The van der Waals surface area contributed by atoms with Crippen LogP contribution in [0, 0.1) is 5.92 Å². The fraction of sp³-hybridized carbons (Fsp3) is 0.562. The van der Waals surface area contributed by atoms with Crippen LogP contribution in [0.5, 0.6) is 5.75 Å². The molecule has 1 aliphatic heterocycles. The molecule has 0 bridgehead atoms. The second-order valence-corrected chi connectivity index (χ2v) is 11.3. The highest BCUT2D eigenvalue weighted by molar-refractivity contribution is 5.76. The van der Waals surface area contributed by atoms with Gasteiger partial charge in [0.2, 0.25) is 5.91 Å². The zero-order valence-corrected chi connectivity index (χ0v) is 23.5. The quantitative estimate of drug-likeness (QED) is 0.244. The third kappa shape index (κ3) is 6.65. The second kappa shape index (κ2) is 12.9. The van der Waals surface area contributed by atoms with Crippen molar-refractivity contribution in [1.29, 1.82) is 0 Å². The lowest BCUT2D eigenvalue weighted by Gasteiger charge is -2.56. The lowest BCUT2D eigenvalue weighted by molar-refractivity contribution is -0.137. The van der Waals surface area contributed by atoms with Crippen LogP contribution in [0.15, 0.2) is 54.6 Å². The SMILES string of the molecule is COC1C[C@@H](N(C)C(=O)CCCCCc2ccccc2)C[C@]2(c3cccc(OC(C)=O)c3)CCN(C)C[C@@H]12. The van der Waals surface area contributed by atoms with E-state index in [1.54, 1.807) is 7.11 Å². The number of unbranched alkanes of at least 4 members (excludes halogenated alkanes) is 2. The van der Waals surface area contributed by atoms with Crippen LogP contribution in [0.4, 0.5) is 0 Å². The molecule has 4 atom stereocenters. The van der Waals surface area contributed by atoms with E-state index in [1.165, 1.54) is 18.1 Å². The van der Waals surface area contributed by atoms with E-state index in [2.05, 4.69) is 42.3 Å². The van der Waals surface area contributed by atoms with Gasteiger partial charge in [-0.1, -0.05) is 48.9 Å². The summed E-state index contributed by atoms with van der Waals surface area (Å²) in [5.41, 5.74) is 2.40. The first kappa shape index (κ1) is 28.3. The molecule has 1 unspecified atom stereocenters. The number of aryl methyl sites for hydroxylation is 1. The first-order valence-corrected chi connectivity index (χ1v) is 14.1. The van der Waals surface area contributed by atoms with E-state index >= 15 is 0 Å². The van der Waals surface area contributed by atoms with E-state index in [0.717, 1.165) is 58.0 Å². The monoisotopic (exact) mass is 520 g/mol. The number of carbonyl (C=O) groups is 2. The van der Waals surface area contributed by atoms with Crippen LogP contribution in [0.1, 0.15) is 63.0 Å². The van der Waals surface area contributed by atoms with Crippen LogP contribution in [-0.2, 0) is 26.2 Å². The number of hydrogen-bond donors (Lipinski definition) is 0. The summed E-state index contributed by atoms with van der Waals surface area (Å²) in [4.78, 5) is 29.3. The molecule has 6 heteroatoms. The molecule has 38 heavy (non-hydrogen) atoms. The number of benzene rings is 2. The Balaban J connectivity index is 1.46. The van der Waals surface area contributed by atoms with E-state index in [-0.39, 0.29) is 29.4 Å². The summed E-state index contributed by atoms with van der Waals surface area (Å²) in [5.74, 6) is 0.791. The first-order valence-electron chi connectivity index (χ1n) is 14.1. The van der Waals surface area contributed by atoms with Crippen molar-refractivity contribution in [3.8, 4) is 5.75 Å². The van der Waals surface area contributed by atoms with Crippen molar-refractivity contribution >= 4 is 11.9 Å². The third-order valence-corrected chi connectivity index (χ3v) is 8.82. The predicted octanol–water partition coefficient (Wildman–Crippen LogP) is 5.24. The van der Waals surface area contributed by atoms with E-state index in [0.29, 0.717) is 18.1 Å². The van der Waals surface area contributed by atoms with Gasteiger partial charge in [0.1, 0.15) is 5.75 Å². The van der Waals surface area contributed by atoms with Gasteiger partial charge in [0.05, 0.1) is 6.10 Å². The summed E-state index contributed by atoms with van der Waals surface area (Å²) in [5, 5.41) is 0. The minimum Gasteiger partial charge on any atom is -0.427 e. The highest BCUT2D eigenvalue weighted by atomic mass is 16.5. The molecule has 0 N–H and O–H groups in total. The molecule has 0 spiro atoms. The molecule has 1 amide bonds. The number of likely N-dealkylation sites (tertiary alicyclic amines) is 1. The van der Waals surface area contributed by atoms with Crippen molar-refractivity contribution in [3.05, 3.63) is 65.7 Å². The number of ether oxygens (including phenoxy) is 2. The minimum absolute atomic E-state index is 0.0509. The predicted molar refractivity (Wildman–Crippen MR) is 150 cm³/mol. The molecule has 0 aromatic heterocycles. The average Bonchev–Trinajstić information content (AvgIpc) is 2.92. The summed E-state index contributed by atoms with van der Waals surface area (Å²) in [6, 6.07) is 18.7. The van der Waals surface area contributed by atoms with Crippen molar-refractivity contribution < 1.29 is 19.1 Å². The van der Waals surface area contributed by atoms with Crippen molar-refractivity contribution in [2.75, 3.05) is 34.3 Å². The molecular weight excluding hydrogens is 476 g/mol. The zero-order chi connectivity index (χ0) is 27.1. The Labute approximate surface area is 228 Å². The molecule has 2 aliphatic rings. The Morgan fingerprint density at radius 3 is 2.61 bits per heavy atom. The van der Waals surface area contributed by atoms with Crippen LogP contribution in [-0.4, -0.2) is 68.1 Å². The van der Waals surface area contributed by atoms with Gasteiger partial charge in [0, 0.05) is 51.4 Å². The van der Waals surface area contributed by atoms with E-state index in [9.17, 15) is 9.59 Å².